The third-order valence-corrected chi connectivity index (χ3v) is 2.45. The monoisotopic (exact) mass is 267 g/mol. The largest absolute Gasteiger partial charge is 0.494 e. The molecule has 0 aliphatic rings. The van der Waals surface area contributed by atoms with E-state index in [0.29, 0.717) is 31.7 Å². The highest BCUT2D eigenvalue weighted by Crippen LogP contribution is 2.12. The van der Waals surface area contributed by atoms with E-state index in [2.05, 4.69) is 26.1 Å². The van der Waals surface area contributed by atoms with Crippen LogP contribution in [0.25, 0.3) is 0 Å². The Morgan fingerprint density at radius 1 is 1.26 bits per heavy atom. The van der Waals surface area contributed by atoms with Crippen LogP contribution in [0.3, 0.4) is 0 Å². The van der Waals surface area contributed by atoms with Gasteiger partial charge in [0.2, 0.25) is 5.91 Å². The summed E-state index contributed by atoms with van der Waals surface area (Å²) in [7, 11) is 0. The summed E-state index contributed by atoms with van der Waals surface area (Å²) in [5.41, 5.74) is 0.0975. The maximum Gasteiger partial charge on any atom is 0.220 e. The molecule has 0 saturated heterocycles. The summed E-state index contributed by atoms with van der Waals surface area (Å²) >= 11 is 0. The summed E-state index contributed by atoms with van der Waals surface area (Å²) < 4.78 is 18.1. The van der Waals surface area contributed by atoms with E-state index in [1.165, 1.54) is 12.1 Å². The van der Waals surface area contributed by atoms with Crippen molar-refractivity contribution in [2.75, 3.05) is 13.2 Å². The Kier molecular flexibility index (Phi) is 5.80. The summed E-state index contributed by atoms with van der Waals surface area (Å²) in [4.78, 5) is 11.5. The van der Waals surface area contributed by atoms with Gasteiger partial charge in [-0.2, -0.15) is 0 Å². The minimum absolute atomic E-state index is 0.0395. The summed E-state index contributed by atoms with van der Waals surface area (Å²) in [6.45, 7) is 7.35. The molecule has 1 aromatic carbocycles. The standard InChI is InChI=1S/C15H22FNO2/c1-15(2,3)11-17-14(18)5-4-10-19-13-8-6-12(16)7-9-13/h6-9H,4-5,10-11H2,1-3H3,(H,17,18). The average Bonchev–Trinajstić information content (AvgIpc) is 2.33. The topological polar surface area (TPSA) is 38.3 Å². The van der Waals surface area contributed by atoms with Gasteiger partial charge < -0.3 is 10.1 Å². The molecule has 1 N–H and O–H groups in total. The highest BCUT2D eigenvalue weighted by Gasteiger charge is 2.11. The average molecular weight is 267 g/mol. The van der Waals surface area contributed by atoms with Gasteiger partial charge in [-0.3, -0.25) is 4.79 Å². The Hall–Kier alpha value is -1.58. The van der Waals surface area contributed by atoms with Crippen LogP contribution in [0, 0.1) is 11.2 Å². The normalized spacial score (nSPS) is 11.2. The van der Waals surface area contributed by atoms with Crippen molar-refractivity contribution >= 4 is 5.91 Å². The number of amides is 1. The van der Waals surface area contributed by atoms with Gasteiger partial charge in [0.05, 0.1) is 6.61 Å². The molecule has 0 fully saturated rings. The van der Waals surface area contributed by atoms with Gasteiger partial charge in [0, 0.05) is 13.0 Å². The van der Waals surface area contributed by atoms with E-state index < -0.39 is 0 Å². The molecule has 0 aromatic heterocycles. The van der Waals surface area contributed by atoms with Crippen molar-refractivity contribution in [2.45, 2.75) is 33.6 Å². The Morgan fingerprint density at radius 3 is 2.47 bits per heavy atom. The number of carbonyl (C=O) groups excluding carboxylic acids is 1. The molecule has 0 unspecified atom stereocenters. The maximum atomic E-state index is 12.7. The number of hydrogen-bond donors (Lipinski definition) is 1. The van der Waals surface area contributed by atoms with Crippen molar-refractivity contribution in [3.63, 3.8) is 0 Å². The van der Waals surface area contributed by atoms with Crippen LogP contribution < -0.4 is 10.1 Å². The van der Waals surface area contributed by atoms with Crippen LogP contribution in [0.4, 0.5) is 4.39 Å². The zero-order valence-corrected chi connectivity index (χ0v) is 11.8. The van der Waals surface area contributed by atoms with Gasteiger partial charge in [-0.25, -0.2) is 4.39 Å². The Bertz CT molecular complexity index is 396. The van der Waals surface area contributed by atoms with Gasteiger partial charge >= 0.3 is 0 Å². The molecular weight excluding hydrogens is 245 g/mol. The van der Waals surface area contributed by atoms with Crippen LogP contribution in [0.2, 0.25) is 0 Å². The first-order valence-corrected chi connectivity index (χ1v) is 6.52. The predicted octanol–water partition coefficient (Wildman–Crippen LogP) is 3.15. The Balaban J connectivity index is 2.13. The van der Waals surface area contributed by atoms with Gasteiger partial charge in [0.25, 0.3) is 0 Å². The SMILES string of the molecule is CC(C)(C)CNC(=O)CCCOc1ccc(F)cc1. The smallest absolute Gasteiger partial charge is 0.220 e. The molecule has 0 aliphatic heterocycles. The highest BCUT2D eigenvalue weighted by molar-refractivity contribution is 5.75. The molecule has 106 valence electrons. The fraction of sp³-hybridized carbons (Fsp3) is 0.533. The van der Waals surface area contributed by atoms with Crippen LogP contribution >= 0.6 is 0 Å². The Morgan fingerprint density at radius 2 is 1.89 bits per heavy atom. The van der Waals surface area contributed by atoms with Gasteiger partial charge in [0.15, 0.2) is 0 Å². The maximum absolute atomic E-state index is 12.7. The molecule has 0 bridgehead atoms. The van der Waals surface area contributed by atoms with Crippen LogP contribution in [0.5, 0.6) is 5.75 Å². The van der Waals surface area contributed by atoms with Gasteiger partial charge in [-0.05, 0) is 36.1 Å². The Labute approximate surface area is 114 Å². The molecule has 1 amide bonds. The van der Waals surface area contributed by atoms with E-state index in [-0.39, 0.29) is 17.1 Å². The summed E-state index contributed by atoms with van der Waals surface area (Å²) in [5, 5.41) is 2.88. The number of hydrogen-bond acceptors (Lipinski definition) is 2. The van der Waals surface area contributed by atoms with Crippen molar-refractivity contribution in [2.24, 2.45) is 5.41 Å². The molecule has 1 rings (SSSR count). The molecular formula is C15H22FNO2. The van der Waals surface area contributed by atoms with E-state index >= 15 is 0 Å². The fourth-order valence-corrected chi connectivity index (χ4v) is 1.41. The van der Waals surface area contributed by atoms with Crippen LogP contribution in [-0.2, 0) is 4.79 Å². The van der Waals surface area contributed by atoms with E-state index in [9.17, 15) is 9.18 Å². The van der Waals surface area contributed by atoms with Crippen molar-refractivity contribution < 1.29 is 13.9 Å². The fourth-order valence-electron chi connectivity index (χ4n) is 1.41. The quantitative estimate of drug-likeness (QED) is 0.804. The second-order valence-electron chi connectivity index (χ2n) is 5.74. The van der Waals surface area contributed by atoms with Gasteiger partial charge in [0.1, 0.15) is 11.6 Å². The first-order chi connectivity index (χ1) is 8.87. The second kappa shape index (κ2) is 7.12. The lowest BCUT2D eigenvalue weighted by Gasteiger charge is -2.18. The molecule has 19 heavy (non-hydrogen) atoms. The first-order valence-electron chi connectivity index (χ1n) is 6.52. The summed E-state index contributed by atoms with van der Waals surface area (Å²) in [6.07, 6.45) is 1.09. The molecule has 0 saturated carbocycles. The van der Waals surface area contributed by atoms with Gasteiger partial charge in [-0.1, -0.05) is 20.8 Å². The summed E-state index contributed by atoms with van der Waals surface area (Å²) in [5.74, 6) is 0.378. The molecule has 1 aromatic rings. The molecule has 0 spiro atoms. The molecule has 3 nitrogen and oxygen atoms in total. The number of halogens is 1. The third kappa shape index (κ3) is 7.44. The molecule has 0 heterocycles. The predicted molar refractivity (Wildman–Crippen MR) is 73.6 cm³/mol. The van der Waals surface area contributed by atoms with Crippen LogP contribution in [0.15, 0.2) is 24.3 Å². The van der Waals surface area contributed by atoms with E-state index in [4.69, 9.17) is 4.74 Å². The molecule has 0 aliphatic carbocycles. The lowest BCUT2D eigenvalue weighted by molar-refractivity contribution is -0.121. The van der Waals surface area contributed by atoms with E-state index in [0.717, 1.165) is 0 Å². The van der Waals surface area contributed by atoms with Crippen molar-refractivity contribution in [1.29, 1.82) is 0 Å². The molecule has 0 atom stereocenters. The minimum atomic E-state index is -0.283. The lowest BCUT2D eigenvalue weighted by Crippen LogP contribution is -2.32. The summed E-state index contributed by atoms with van der Waals surface area (Å²) in [6, 6.07) is 5.86. The van der Waals surface area contributed by atoms with Crippen LogP contribution in [0.1, 0.15) is 33.6 Å². The number of nitrogens with one attached hydrogen (secondary N) is 1. The minimum Gasteiger partial charge on any atom is -0.494 e. The second-order valence-corrected chi connectivity index (χ2v) is 5.74. The third-order valence-electron chi connectivity index (χ3n) is 2.45. The number of ether oxygens (including phenoxy) is 1. The van der Waals surface area contributed by atoms with Crippen molar-refractivity contribution in [1.82, 2.24) is 5.32 Å². The van der Waals surface area contributed by atoms with Crippen molar-refractivity contribution in [3.8, 4) is 5.75 Å². The number of benzene rings is 1. The number of rotatable bonds is 6. The van der Waals surface area contributed by atoms with Gasteiger partial charge in [-0.15, -0.1) is 0 Å². The first kappa shape index (κ1) is 15.5. The lowest BCUT2D eigenvalue weighted by atomic mass is 9.97. The molecule has 4 heteroatoms. The molecule has 0 radical (unpaired) electrons. The highest BCUT2D eigenvalue weighted by atomic mass is 19.1. The van der Waals surface area contributed by atoms with E-state index in [1.54, 1.807) is 12.1 Å². The van der Waals surface area contributed by atoms with Crippen molar-refractivity contribution in [3.05, 3.63) is 30.1 Å². The van der Waals surface area contributed by atoms with E-state index in [1.807, 2.05) is 0 Å². The zero-order chi connectivity index (χ0) is 14.3. The zero-order valence-electron chi connectivity index (χ0n) is 11.8. The van der Waals surface area contributed by atoms with Crippen LogP contribution in [-0.4, -0.2) is 19.1 Å². The number of carbonyl (C=O) groups is 1.